The fraction of sp³-hybridized carbons (Fsp3) is 0.310. The third-order valence-electron chi connectivity index (χ3n) is 6.83. The Kier molecular flexibility index (Phi) is 8.04. The van der Waals surface area contributed by atoms with Crippen LogP contribution in [0.25, 0.3) is 11.1 Å². The molecule has 2 N–H and O–H groups in total. The molecule has 37 heavy (non-hydrogen) atoms. The van der Waals surface area contributed by atoms with Gasteiger partial charge in [0.15, 0.2) is 6.61 Å². The van der Waals surface area contributed by atoms with Gasteiger partial charge in [0.25, 0.3) is 11.8 Å². The molecule has 0 aliphatic heterocycles. The summed E-state index contributed by atoms with van der Waals surface area (Å²) in [5.74, 6) is -1.23. The van der Waals surface area contributed by atoms with Crippen molar-refractivity contribution in [2.75, 3.05) is 18.5 Å². The van der Waals surface area contributed by atoms with Gasteiger partial charge in [-0.3, -0.25) is 14.4 Å². The van der Waals surface area contributed by atoms with Crippen molar-refractivity contribution in [1.82, 2.24) is 9.88 Å². The van der Waals surface area contributed by atoms with Gasteiger partial charge in [0.2, 0.25) is 0 Å². The lowest BCUT2D eigenvalue weighted by Gasteiger charge is -2.19. The van der Waals surface area contributed by atoms with E-state index in [1.807, 2.05) is 60.9 Å². The number of amides is 2. The maximum Gasteiger partial charge on any atom is 0.325 e. The maximum absolute atomic E-state index is 12.6. The molecular weight excluding hydrogens is 468 g/mol. The average molecular weight is 499 g/mol. The van der Waals surface area contributed by atoms with Crippen LogP contribution in [-0.4, -0.2) is 35.5 Å². The SMILES string of the molecule is Cc1c(C#N)c(NC(=O)COC(=O)CNC(=O)c2ccc(-c3ccccc3)cc2)n(C2CCCC2)c1C. The summed E-state index contributed by atoms with van der Waals surface area (Å²) in [4.78, 5) is 37.2. The summed E-state index contributed by atoms with van der Waals surface area (Å²) in [6.45, 7) is 2.93. The highest BCUT2D eigenvalue weighted by atomic mass is 16.5. The average Bonchev–Trinajstić information content (AvgIpc) is 3.53. The molecule has 0 spiro atoms. The lowest BCUT2D eigenvalue weighted by Crippen LogP contribution is -2.32. The van der Waals surface area contributed by atoms with Gasteiger partial charge in [0.05, 0.1) is 5.56 Å². The largest absolute Gasteiger partial charge is 0.454 e. The number of hydrogen-bond acceptors (Lipinski definition) is 5. The van der Waals surface area contributed by atoms with Gasteiger partial charge >= 0.3 is 5.97 Å². The Hall–Kier alpha value is -4.38. The van der Waals surface area contributed by atoms with Crippen LogP contribution in [0.2, 0.25) is 0 Å². The van der Waals surface area contributed by atoms with Gasteiger partial charge in [-0.1, -0.05) is 55.3 Å². The predicted molar refractivity (Wildman–Crippen MR) is 140 cm³/mol. The summed E-state index contributed by atoms with van der Waals surface area (Å²) in [5, 5.41) is 14.9. The molecule has 0 unspecified atom stereocenters. The van der Waals surface area contributed by atoms with Crippen LogP contribution >= 0.6 is 0 Å². The molecule has 2 amide bonds. The zero-order chi connectivity index (χ0) is 26.4. The number of carbonyl (C=O) groups excluding carboxylic acids is 3. The fourth-order valence-corrected chi connectivity index (χ4v) is 4.77. The van der Waals surface area contributed by atoms with E-state index in [2.05, 4.69) is 16.7 Å². The van der Waals surface area contributed by atoms with Gasteiger partial charge in [-0.25, -0.2) is 0 Å². The maximum atomic E-state index is 12.6. The smallest absolute Gasteiger partial charge is 0.325 e. The van der Waals surface area contributed by atoms with Crippen LogP contribution in [0, 0.1) is 25.2 Å². The minimum atomic E-state index is -0.733. The third kappa shape index (κ3) is 5.89. The number of nitrogens with zero attached hydrogens (tertiary/aromatic N) is 2. The number of aromatic nitrogens is 1. The normalized spacial score (nSPS) is 13.1. The van der Waals surface area contributed by atoms with E-state index in [-0.39, 0.29) is 12.6 Å². The number of hydrogen-bond donors (Lipinski definition) is 2. The molecule has 1 aliphatic rings. The molecule has 0 radical (unpaired) electrons. The molecule has 1 heterocycles. The fourth-order valence-electron chi connectivity index (χ4n) is 4.77. The highest BCUT2D eigenvalue weighted by Crippen LogP contribution is 2.37. The number of nitriles is 1. The van der Waals surface area contributed by atoms with E-state index in [4.69, 9.17) is 4.74 Å². The molecule has 1 fully saturated rings. The Bertz CT molecular complexity index is 1330. The van der Waals surface area contributed by atoms with E-state index in [1.165, 1.54) is 0 Å². The van der Waals surface area contributed by atoms with Gasteiger partial charge in [-0.15, -0.1) is 0 Å². The number of nitrogens with one attached hydrogen (secondary N) is 2. The molecule has 3 aromatic rings. The first-order valence-electron chi connectivity index (χ1n) is 12.4. The standard InChI is InChI=1S/C29H30N4O4/c1-19-20(2)33(24-10-6-7-11-24)28(25(19)16-30)32-26(34)18-37-27(35)17-31-29(36)23-14-12-22(13-15-23)21-8-4-3-5-9-21/h3-5,8-9,12-15,24H,6-7,10-11,17-18H2,1-2H3,(H,31,36)(H,32,34). The van der Waals surface area contributed by atoms with Gasteiger partial charge in [0, 0.05) is 17.3 Å². The van der Waals surface area contributed by atoms with Crippen molar-refractivity contribution in [2.24, 2.45) is 0 Å². The highest BCUT2D eigenvalue weighted by Gasteiger charge is 2.27. The summed E-state index contributed by atoms with van der Waals surface area (Å²) >= 11 is 0. The van der Waals surface area contributed by atoms with Crippen LogP contribution in [-0.2, 0) is 14.3 Å². The summed E-state index contributed by atoms with van der Waals surface area (Å²) in [6, 6.07) is 19.3. The lowest BCUT2D eigenvalue weighted by molar-refractivity contribution is -0.146. The van der Waals surface area contributed by atoms with Crippen LogP contribution in [0.5, 0.6) is 0 Å². The highest BCUT2D eigenvalue weighted by molar-refractivity contribution is 5.97. The zero-order valence-electron chi connectivity index (χ0n) is 21.0. The van der Waals surface area contributed by atoms with Crippen LogP contribution < -0.4 is 10.6 Å². The predicted octanol–water partition coefficient (Wildman–Crippen LogP) is 4.67. The number of carbonyl (C=O) groups is 3. The molecule has 2 aromatic carbocycles. The van der Waals surface area contributed by atoms with Crippen LogP contribution in [0.1, 0.15) is 58.9 Å². The second kappa shape index (κ2) is 11.6. The molecule has 8 heteroatoms. The van der Waals surface area contributed by atoms with E-state index in [1.54, 1.807) is 12.1 Å². The van der Waals surface area contributed by atoms with Crippen LogP contribution in [0.3, 0.4) is 0 Å². The summed E-state index contributed by atoms with van der Waals surface area (Å²) in [7, 11) is 0. The number of esters is 1. The molecule has 1 saturated carbocycles. The van der Waals surface area contributed by atoms with E-state index < -0.39 is 24.4 Å². The first kappa shape index (κ1) is 25.7. The second-order valence-corrected chi connectivity index (χ2v) is 9.19. The van der Waals surface area contributed by atoms with Crippen molar-refractivity contribution in [3.63, 3.8) is 0 Å². The number of ether oxygens (including phenoxy) is 1. The number of anilines is 1. The minimum absolute atomic E-state index is 0.232. The first-order valence-corrected chi connectivity index (χ1v) is 12.4. The van der Waals surface area contributed by atoms with Crippen molar-refractivity contribution in [3.05, 3.63) is 77.0 Å². The minimum Gasteiger partial charge on any atom is -0.454 e. The molecule has 190 valence electrons. The van der Waals surface area contributed by atoms with Crippen molar-refractivity contribution < 1.29 is 19.1 Å². The first-order chi connectivity index (χ1) is 17.9. The van der Waals surface area contributed by atoms with Crippen molar-refractivity contribution in [1.29, 1.82) is 5.26 Å². The van der Waals surface area contributed by atoms with E-state index in [9.17, 15) is 19.6 Å². The molecule has 0 saturated heterocycles. The lowest BCUT2D eigenvalue weighted by atomic mass is 10.0. The molecule has 1 aromatic heterocycles. The zero-order valence-corrected chi connectivity index (χ0v) is 21.0. The quantitative estimate of drug-likeness (QED) is 0.438. The Balaban J connectivity index is 1.29. The number of benzene rings is 2. The number of rotatable bonds is 8. The molecule has 4 rings (SSSR count). The Morgan fingerprint density at radius 3 is 2.30 bits per heavy atom. The molecular formula is C29H30N4O4. The van der Waals surface area contributed by atoms with Crippen LogP contribution in [0.15, 0.2) is 54.6 Å². The molecule has 1 aliphatic carbocycles. The summed E-state index contributed by atoms with van der Waals surface area (Å²) in [6.07, 6.45) is 4.20. The topological polar surface area (TPSA) is 113 Å². The monoisotopic (exact) mass is 498 g/mol. The van der Waals surface area contributed by atoms with Gasteiger partial charge in [0.1, 0.15) is 18.4 Å². The van der Waals surface area contributed by atoms with E-state index in [0.29, 0.717) is 16.9 Å². The van der Waals surface area contributed by atoms with Crippen molar-refractivity contribution >= 4 is 23.6 Å². The summed E-state index contributed by atoms with van der Waals surface area (Å²) < 4.78 is 7.09. The van der Waals surface area contributed by atoms with Gasteiger partial charge in [-0.05, 0) is 55.5 Å². The van der Waals surface area contributed by atoms with Gasteiger partial charge < -0.3 is 19.9 Å². The molecule has 0 atom stereocenters. The Morgan fingerprint density at radius 2 is 1.65 bits per heavy atom. The third-order valence-corrected chi connectivity index (χ3v) is 6.83. The molecule has 0 bridgehead atoms. The van der Waals surface area contributed by atoms with E-state index in [0.717, 1.165) is 48.1 Å². The van der Waals surface area contributed by atoms with Crippen molar-refractivity contribution in [3.8, 4) is 17.2 Å². The summed E-state index contributed by atoms with van der Waals surface area (Å²) in [5.41, 5.74) is 4.64. The van der Waals surface area contributed by atoms with Gasteiger partial charge in [-0.2, -0.15) is 5.26 Å². The van der Waals surface area contributed by atoms with E-state index >= 15 is 0 Å². The van der Waals surface area contributed by atoms with Crippen LogP contribution in [0.4, 0.5) is 5.82 Å². The Labute approximate surface area is 216 Å². The van der Waals surface area contributed by atoms with Crippen molar-refractivity contribution in [2.45, 2.75) is 45.6 Å². The molecule has 8 nitrogen and oxygen atoms in total. The Morgan fingerprint density at radius 1 is 1.00 bits per heavy atom. The second-order valence-electron chi connectivity index (χ2n) is 9.19.